The van der Waals surface area contributed by atoms with E-state index in [1.165, 1.54) is 0 Å². The van der Waals surface area contributed by atoms with Crippen LogP contribution < -0.4 is 11.1 Å². The fraction of sp³-hybridized carbons (Fsp3) is 0.533. The lowest BCUT2D eigenvalue weighted by atomic mass is 9.92. The second-order valence-electron chi connectivity index (χ2n) is 6.24. The van der Waals surface area contributed by atoms with Crippen molar-refractivity contribution in [3.05, 3.63) is 23.8 Å². The number of hydrogen-bond acceptors (Lipinski definition) is 3. The summed E-state index contributed by atoms with van der Waals surface area (Å²) in [6, 6.07) is 5.40. The average molecular weight is 263 g/mol. The van der Waals surface area contributed by atoms with E-state index in [1.807, 2.05) is 6.07 Å². The van der Waals surface area contributed by atoms with Crippen LogP contribution in [-0.2, 0) is 0 Å². The van der Waals surface area contributed by atoms with Crippen LogP contribution in [0.4, 0.5) is 11.4 Å². The molecule has 0 aliphatic rings. The molecule has 1 rings (SSSR count). The predicted molar refractivity (Wildman–Crippen MR) is 81.4 cm³/mol. The van der Waals surface area contributed by atoms with Gasteiger partial charge in [-0.3, -0.25) is 4.79 Å². The molecule has 1 aromatic rings. The second kappa shape index (κ2) is 5.95. The quantitative estimate of drug-likeness (QED) is 0.821. The molecule has 0 radical (unpaired) electrons. The van der Waals surface area contributed by atoms with E-state index in [1.54, 1.807) is 31.1 Å². The normalized spacial score (nSPS) is 11.2. The summed E-state index contributed by atoms with van der Waals surface area (Å²) in [4.78, 5) is 13.3. The SMILES string of the molecule is CN(C)C(=O)c1ccc(NCCC(C)(C)C)c(N)c1. The Morgan fingerprint density at radius 3 is 2.42 bits per heavy atom. The number of rotatable bonds is 4. The van der Waals surface area contributed by atoms with Gasteiger partial charge in [-0.05, 0) is 30.0 Å². The molecule has 0 aliphatic carbocycles. The Hall–Kier alpha value is -1.71. The third-order valence-electron chi connectivity index (χ3n) is 2.90. The molecule has 0 saturated carbocycles. The zero-order valence-corrected chi connectivity index (χ0v) is 12.6. The standard InChI is InChI=1S/C15H25N3O/c1-15(2,3)8-9-17-13-7-6-11(10-12(13)16)14(19)18(4)5/h6-7,10,17H,8-9,16H2,1-5H3. The zero-order valence-electron chi connectivity index (χ0n) is 12.6. The molecule has 19 heavy (non-hydrogen) atoms. The number of nitrogens with two attached hydrogens (primary N) is 1. The van der Waals surface area contributed by atoms with Crippen molar-refractivity contribution in [1.29, 1.82) is 0 Å². The highest BCUT2D eigenvalue weighted by Crippen LogP contribution is 2.23. The van der Waals surface area contributed by atoms with Gasteiger partial charge in [-0.2, -0.15) is 0 Å². The van der Waals surface area contributed by atoms with Crippen molar-refractivity contribution < 1.29 is 4.79 Å². The van der Waals surface area contributed by atoms with Gasteiger partial charge in [0.2, 0.25) is 0 Å². The number of benzene rings is 1. The maximum Gasteiger partial charge on any atom is 0.253 e. The molecule has 0 atom stereocenters. The first-order chi connectivity index (χ1) is 8.70. The Labute approximate surface area is 116 Å². The number of carbonyl (C=O) groups excluding carboxylic acids is 1. The van der Waals surface area contributed by atoms with E-state index in [0.29, 0.717) is 16.7 Å². The molecule has 4 nitrogen and oxygen atoms in total. The van der Waals surface area contributed by atoms with Gasteiger partial charge in [0, 0.05) is 26.2 Å². The molecule has 0 bridgehead atoms. The van der Waals surface area contributed by atoms with Crippen molar-refractivity contribution >= 4 is 17.3 Å². The zero-order chi connectivity index (χ0) is 14.6. The molecule has 0 heterocycles. The minimum absolute atomic E-state index is 0.0343. The van der Waals surface area contributed by atoms with Crippen LogP contribution in [0.2, 0.25) is 0 Å². The number of nitrogen functional groups attached to an aromatic ring is 1. The Kier molecular flexibility index (Phi) is 4.81. The summed E-state index contributed by atoms with van der Waals surface area (Å²) >= 11 is 0. The molecule has 4 heteroatoms. The van der Waals surface area contributed by atoms with E-state index in [2.05, 4.69) is 26.1 Å². The van der Waals surface area contributed by atoms with Crippen LogP contribution >= 0.6 is 0 Å². The molecule has 0 saturated heterocycles. The molecule has 0 aliphatic heterocycles. The smallest absolute Gasteiger partial charge is 0.253 e. The fourth-order valence-corrected chi connectivity index (χ4v) is 1.69. The molecule has 0 spiro atoms. The summed E-state index contributed by atoms with van der Waals surface area (Å²) < 4.78 is 0. The fourth-order valence-electron chi connectivity index (χ4n) is 1.69. The number of carbonyl (C=O) groups is 1. The average Bonchev–Trinajstić information content (AvgIpc) is 2.28. The number of anilines is 2. The predicted octanol–water partition coefficient (Wildman–Crippen LogP) is 2.82. The molecule has 106 valence electrons. The van der Waals surface area contributed by atoms with Crippen LogP contribution in [0, 0.1) is 5.41 Å². The monoisotopic (exact) mass is 263 g/mol. The van der Waals surface area contributed by atoms with E-state index in [-0.39, 0.29) is 5.91 Å². The summed E-state index contributed by atoms with van der Waals surface area (Å²) in [7, 11) is 3.46. The van der Waals surface area contributed by atoms with Crippen molar-refractivity contribution in [2.24, 2.45) is 5.41 Å². The molecule has 1 aromatic carbocycles. The van der Waals surface area contributed by atoms with Crippen LogP contribution in [0.25, 0.3) is 0 Å². The van der Waals surface area contributed by atoms with Crippen LogP contribution in [-0.4, -0.2) is 31.4 Å². The lowest BCUT2D eigenvalue weighted by molar-refractivity contribution is 0.0827. The maximum atomic E-state index is 11.8. The van der Waals surface area contributed by atoms with E-state index in [0.717, 1.165) is 18.7 Å². The maximum absolute atomic E-state index is 11.8. The van der Waals surface area contributed by atoms with Gasteiger partial charge in [0.05, 0.1) is 11.4 Å². The van der Waals surface area contributed by atoms with Crippen molar-refractivity contribution in [2.75, 3.05) is 31.7 Å². The highest BCUT2D eigenvalue weighted by Gasteiger charge is 2.11. The number of hydrogen-bond donors (Lipinski definition) is 2. The summed E-state index contributed by atoms with van der Waals surface area (Å²) in [5.74, 6) is -0.0343. The highest BCUT2D eigenvalue weighted by molar-refractivity contribution is 5.95. The van der Waals surface area contributed by atoms with E-state index in [4.69, 9.17) is 5.73 Å². The lowest BCUT2D eigenvalue weighted by Crippen LogP contribution is -2.22. The summed E-state index contributed by atoms with van der Waals surface area (Å²) in [5.41, 5.74) is 8.39. The molecular formula is C15H25N3O. The van der Waals surface area contributed by atoms with Crippen LogP contribution in [0.3, 0.4) is 0 Å². The van der Waals surface area contributed by atoms with Gasteiger partial charge in [0.15, 0.2) is 0 Å². The van der Waals surface area contributed by atoms with Crippen LogP contribution in [0.15, 0.2) is 18.2 Å². The van der Waals surface area contributed by atoms with Gasteiger partial charge in [-0.15, -0.1) is 0 Å². The highest BCUT2D eigenvalue weighted by atomic mass is 16.2. The summed E-state index contributed by atoms with van der Waals surface area (Å²) in [6.07, 6.45) is 1.06. The van der Waals surface area contributed by atoms with Crippen molar-refractivity contribution in [1.82, 2.24) is 4.90 Å². The second-order valence-corrected chi connectivity index (χ2v) is 6.24. The van der Waals surface area contributed by atoms with Gasteiger partial charge >= 0.3 is 0 Å². The van der Waals surface area contributed by atoms with E-state index < -0.39 is 0 Å². The Morgan fingerprint density at radius 2 is 1.95 bits per heavy atom. The summed E-state index contributed by atoms with van der Waals surface area (Å²) in [5, 5.41) is 3.31. The van der Waals surface area contributed by atoms with Gasteiger partial charge in [-0.25, -0.2) is 0 Å². The number of nitrogens with zero attached hydrogens (tertiary/aromatic N) is 1. The molecule has 0 fully saturated rings. The Morgan fingerprint density at radius 1 is 1.32 bits per heavy atom. The molecular weight excluding hydrogens is 238 g/mol. The summed E-state index contributed by atoms with van der Waals surface area (Å²) in [6.45, 7) is 7.49. The first-order valence-corrected chi connectivity index (χ1v) is 6.56. The topological polar surface area (TPSA) is 58.4 Å². The Balaban J connectivity index is 2.70. The molecule has 0 aromatic heterocycles. The first-order valence-electron chi connectivity index (χ1n) is 6.56. The minimum atomic E-state index is -0.0343. The largest absolute Gasteiger partial charge is 0.397 e. The van der Waals surface area contributed by atoms with Gasteiger partial charge < -0.3 is 16.0 Å². The van der Waals surface area contributed by atoms with Gasteiger partial charge in [0.25, 0.3) is 5.91 Å². The molecule has 0 unspecified atom stereocenters. The first kappa shape index (κ1) is 15.3. The van der Waals surface area contributed by atoms with Gasteiger partial charge in [0.1, 0.15) is 0 Å². The molecule has 1 amide bonds. The molecule has 3 N–H and O–H groups in total. The Bertz CT molecular complexity index is 447. The third kappa shape index (κ3) is 4.81. The third-order valence-corrected chi connectivity index (χ3v) is 2.90. The van der Waals surface area contributed by atoms with E-state index in [9.17, 15) is 4.79 Å². The van der Waals surface area contributed by atoms with E-state index >= 15 is 0 Å². The van der Waals surface area contributed by atoms with Crippen molar-refractivity contribution in [3.63, 3.8) is 0 Å². The van der Waals surface area contributed by atoms with Gasteiger partial charge in [-0.1, -0.05) is 20.8 Å². The van der Waals surface area contributed by atoms with Crippen LogP contribution in [0.1, 0.15) is 37.6 Å². The number of amides is 1. The lowest BCUT2D eigenvalue weighted by Gasteiger charge is -2.19. The van der Waals surface area contributed by atoms with Crippen molar-refractivity contribution in [2.45, 2.75) is 27.2 Å². The number of nitrogens with one attached hydrogen (secondary N) is 1. The van der Waals surface area contributed by atoms with Crippen molar-refractivity contribution in [3.8, 4) is 0 Å². The van der Waals surface area contributed by atoms with Crippen LogP contribution in [0.5, 0.6) is 0 Å². The minimum Gasteiger partial charge on any atom is -0.397 e.